The van der Waals surface area contributed by atoms with Gasteiger partial charge in [-0.3, -0.25) is 9.80 Å². The Balaban J connectivity index is 1.32. The number of rotatable bonds is 5. The lowest BCUT2D eigenvalue weighted by Gasteiger charge is -2.47. The van der Waals surface area contributed by atoms with Gasteiger partial charge in [0.2, 0.25) is 0 Å². The predicted molar refractivity (Wildman–Crippen MR) is 109 cm³/mol. The summed E-state index contributed by atoms with van der Waals surface area (Å²) in [6.45, 7) is 4.10. The maximum absolute atomic E-state index is 11.3. The van der Waals surface area contributed by atoms with Crippen molar-refractivity contribution in [3.8, 4) is 5.75 Å². The molecule has 0 aromatic heterocycles. The molecule has 0 radical (unpaired) electrons. The summed E-state index contributed by atoms with van der Waals surface area (Å²) >= 11 is 0. The number of ether oxygens (including phenoxy) is 3. The third-order valence-corrected chi connectivity index (χ3v) is 7.69. The van der Waals surface area contributed by atoms with E-state index in [4.69, 9.17) is 14.2 Å². The molecule has 2 heterocycles. The standard InChI is InChI=1S/C23H34N2O4/c1-27-20-7-5-19(6-8-20)15-24-17-22(25(21(24)26)16-18-3-2-4-18)9-11-23(12-10-22)28-13-14-29-23/h5-8,18,21,26H,2-4,9-17H2,1H3. The summed E-state index contributed by atoms with van der Waals surface area (Å²) < 4.78 is 17.2. The zero-order valence-corrected chi connectivity index (χ0v) is 17.5. The zero-order valence-electron chi connectivity index (χ0n) is 17.5. The Morgan fingerprint density at radius 3 is 2.34 bits per heavy atom. The van der Waals surface area contributed by atoms with Crippen molar-refractivity contribution < 1.29 is 19.3 Å². The highest BCUT2D eigenvalue weighted by Gasteiger charge is 2.55. The first kappa shape index (κ1) is 19.8. The molecular weight excluding hydrogens is 368 g/mol. The minimum absolute atomic E-state index is 0.0298. The normalized spacial score (nSPS) is 29.5. The minimum atomic E-state index is -0.517. The second-order valence-corrected chi connectivity index (χ2v) is 9.38. The highest BCUT2D eigenvalue weighted by molar-refractivity contribution is 5.27. The Kier molecular flexibility index (Phi) is 5.33. The zero-order chi connectivity index (χ0) is 19.9. The summed E-state index contributed by atoms with van der Waals surface area (Å²) in [7, 11) is 1.69. The summed E-state index contributed by atoms with van der Waals surface area (Å²) in [6, 6.07) is 8.20. The first-order valence-electron chi connectivity index (χ1n) is 11.2. The predicted octanol–water partition coefficient (Wildman–Crippen LogP) is 2.94. The number of hydrogen-bond acceptors (Lipinski definition) is 6. The molecule has 2 aliphatic heterocycles. The molecule has 2 saturated heterocycles. The van der Waals surface area contributed by atoms with E-state index in [-0.39, 0.29) is 11.3 Å². The lowest BCUT2D eigenvalue weighted by atomic mass is 9.76. The van der Waals surface area contributed by atoms with Crippen LogP contribution in [0.5, 0.6) is 5.75 Å². The average Bonchev–Trinajstić information content (AvgIpc) is 3.26. The van der Waals surface area contributed by atoms with Crippen molar-refractivity contribution in [2.75, 3.05) is 33.4 Å². The van der Waals surface area contributed by atoms with Gasteiger partial charge in [-0.25, -0.2) is 0 Å². The van der Waals surface area contributed by atoms with Crippen molar-refractivity contribution in [1.82, 2.24) is 9.80 Å². The molecule has 1 atom stereocenters. The highest BCUT2D eigenvalue weighted by Crippen LogP contribution is 2.48. The second-order valence-electron chi connectivity index (χ2n) is 9.38. The number of nitrogens with zero attached hydrogens (tertiary/aromatic N) is 2. The number of methoxy groups -OCH3 is 1. The van der Waals surface area contributed by atoms with Gasteiger partial charge in [0.15, 0.2) is 12.1 Å². The molecule has 2 aliphatic carbocycles. The largest absolute Gasteiger partial charge is 0.497 e. The van der Waals surface area contributed by atoms with E-state index in [1.165, 1.54) is 24.8 Å². The molecule has 0 amide bonds. The third kappa shape index (κ3) is 3.70. The first-order valence-corrected chi connectivity index (χ1v) is 11.2. The van der Waals surface area contributed by atoms with Crippen LogP contribution in [0, 0.1) is 5.92 Å². The highest BCUT2D eigenvalue weighted by atomic mass is 16.7. The van der Waals surface area contributed by atoms with Crippen molar-refractivity contribution in [3.05, 3.63) is 29.8 Å². The third-order valence-electron chi connectivity index (χ3n) is 7.69. The molecule has 0 bridgehead atoms. The van der Waals surface area contributed by atoms with E-state index in [0.29, 0.717) is 13.2 Å². The molecule has 4 fully saturated rings. The Morgan fingerprint density at radius 1 is 1.07 bits per heavy atom. The van der Waals surface area contributed by atoms with Crippen LogP contribution in [-0.4, -0.2) is 66.0 Å². The van der Waals surface area contributed by atoms with Gasteiger partial charge < -0.3 is 19.3 Å². The molecular formula is C23H34N2O4. The summed E-state index contributed by atoms with van der Waals surface area (Å²) in [5, 5.41) is 11.3. The Labute approximate surface area is 173 Å². The summed E-state index contributed by atoms with van der Waals surface area (Å²) in [4.78, 5) is 4.66. The fourth-order valence-electron chi connectivity index (χ4n) is 5.66. The lowest BCUT2D eigenvalue weighted by Crippen LogP contribution is -2.55. The topological polar surface area (TPSA) is 54.4 Å². The van der Waals surface area contributed by atoms with Gasteiger partial charge in [-0.2, -0.15) is 0 Å². The van der Waals surface area contributed by atoms with Crippen LogP contribution in [0.3, 0.4) is 0 Å². The number of aliphatic hydroxyl groups is 1. The van der Waals surface area contributed by atoms with Gasteiger partial charge in [0, 0.05) is 38.0 Å². The second kappa shape index (κ2) is 7.82. The van der Waals surface area contributed by atoms with Crippen molar-refractivity contribution in [2.45, 2.75) is 69.2 Å². The van der Waals surface area contributed by atoms with Crippen molar-refractivity contribution >= 4 is 0 Å². The summed E-state index contributed by atoms with van der Waals surface area (Å²) in [5.41, 5.74) is 1.24. The van der Waals surface area contributed by atoms with Crippen LogP contribution in [-0.2, 0) is 16.0 Å². The average molecular weight is 403 g/mol. The molecule has 1 aromatic carbocycles. The van der Waals surface area contributed by atoms with Crippen LogP contribution in [0.1, 0.15) is 50.5 Å². The maximum Gasteiger partial charge on any atom is 0.168 e. The molecule has 6 nitrogen and oxygen atoms in total. The van der Waals surface area contributed by atoms with Crippen molar-refractivity contribution in [3.63, 3.8) is 0 Å². The molecule has 1 N–H and O–H groups in total. The fraction of sp³-hybridized carbons (Fsp3) is 0.739. The molecule has 2 saturated carbocycles. The first-order chi connectivity index (χ1) is 14.1. The monoisotopic (exact) mass is 402 g/mol. The van der Waals surface area contributed by atoms with Crippen LogP contribution in [0.15, 0.2) is 24.3 Å². The smallest absolute Gasteiger partial charge is 0.168 e. The molecule has 1 unspecified atom stereocenters. The number of aliphatic hydroxyl groups excluding tert-OH is 1. The SMILES string of the molecule is COc1ccc(CN2CC3(CCC4(CC3)OCCO4)N(CC3CCC3)C2O)cc1. The molecule has 2 spiro atoms. The Bertz CT molecular complexity index is 689. The van der Waals surface area contributed by atoms with E-state index in [0.717, 1.165) is 57.0 Å². The summed E-state index contributed by atoms with van der Waals surface area (Å²) in [5.74, 6) is 1.24. The van der Waals surface area contributed by atoms with Gasteiger partial charge in [-0.1, -0.05) is 18.6 Å². The Hall–Kier alpha value is -1.18. The quantitative estimate of drug-likeness (QED) is 0.817. The van der Waals surface area contributed by atoms with Gasteiger partial charge in [0.25, 0.3) is 0 Å². The van der Waals surface area contributed by atoms with Gasteiger partial charge in [-0.05, 0) is 49.3 Å². The van der Waals surface area contributed by atoms with Gasteiger partial charge in [0.1, 0.15) is 5.75 Å². The van der Waals surface area contributed by atoms with E-state index in [2.05, 4.69) is 21.9 Å². The van der Waals surface area contributed by atoms with Gasteiger partial charge in [-0.15, -0.1) is 0 Å². The fourth-order valence-corrected chi connectivity index (χ4v) is 5.66. The van der Waals surface area contributed by atoms with Crippen LogP contribution in [0.4, 0.5) is 0 Å². The lowest BCUT2D eigenvalue weighted by molar-refractivity contribution is -0.197. The van der Waals surface area contributed by atoms with Crippen LogP contribution >= 0.6 is 0 Å². The van der Waals surface area contributed by atoms with Gasteiger partial charge >= 0.3 is 0 Å². The molecule has 4 aliphatic rings. The van der Waals surface area contributed by atoms with E-state index in [1.54, 1.807) is 7.11 Å². The number of benzene rings is 1. The number of hydrogen-bond donors (Lipinski definition) is 1. The van der Waals surface area contributed by atoms with Crippen LogP contribution in [0.25, 0.3) is 0 Å². The van der Waals surface area contributed by atoms with Crippen LogP contribution < -0.4 is 4.74 Å². The Morgan fingerprint density at radius 2 is 1.76 bits per heavy atom. The maximum atomic E-state index is 11.3. The van der Waals surface area contributed by atoms with Crippen LogP contribution in [0.2, 0.25) is 0 Å². The molecule has 6 heteroatoms. The van der Waals surface area contributed by atoms with E-state index >= 15 is 0 Å². The molecule has 29 heavy (non-hydrogen) atoms. The molecule has 5 rings (SSSR count). The van der Waals surface area contributed by atoms with Crippen molar-refractivity contribution in [2.24, 2.45) is 5.92 Å². The van der Waals surface area contributed by atoms with E-state index < -0.39 is 6.35 Å². The summed E-state index contributed by atoms with van der Waals surface area (Å²) in [6.07, 6.45) is 7.32. The minimum Gasteiger partial charge on any atom is -0.497 e. The van der Waals surface area contributed by atoms with E-state index in [1.807, 2.05) is 12.1 Å². The molecule has 1 aromatic rings. The van der Waals surface area contributed by atoms with Gasteiger partial charge in [0.05, 0.1) is 20.3 Å². The van der Waals surface area contributed by atoms with E-state index in [9.17, 15) is 5.11 Å². The van der Waals surface area contributed by atoms with Crippen molar-refractivity contribution in [1.29, 1.82) is 0 Å². The molecule has 160 valence electrons.